The summed E-state index contributed by atoms with van der Waals surface area (Å²) in [7, 11) is 3.13. The van der Waals surface area contributed by atoms with Gasteiger partial charge in [-0.3, -0.25) is 0 Å². The van der Waals surface area contributed by atoms with Crippen LogP contribution in [0.15, 0.2) is 12.1 Å². The van der Waals surface area contributed by atoms with Crippen molar-refractivity contribution in [2.24, 2.45) is 0 Å². The Labute approximate surface area is 105 Å². The van der Waals surface area contributed by atoms with Gasteiger partial charge in [-0.15, -0.1) is 0 Å². The topological polar surface area (TPSA) is 43.8 Å². The molecule has 0 bridgehead atoms. The molecule has 6 heteroatoms. The molecule has 1 aliphatic heterocycles. The molecular formula is C12H17FN2O3. The van der Waals surface area contributed by atoms with Crippen LogP contribution in [0.5, 0.6) is 5.88 Å². The van der Waals surface area contributed by atoms with Crippen molar-refractivity contribution in [3.05, 3.63) is 17.9 Å². The Morgan fingerprint density at radius 1 is 1.50 bits per heavy atom. The average molecular weight is 256 g/mol. The fraction of sp³-hybridized carbons (Fsp3) is 0.583. The van der Waals surface area contributed by atoms with Crippen LogP contribution in [0.25, 0.3) is 0 Å². The van der Waals surface area contributed by atoms with E-state index in [1.807, 2.05) is 4.90 Å². The summed E-state index contributed by atoms with van der Waals surface area (Å²) in [6.07, 6.45) is -0.0591. The first-order valence-electron chi connectivity index (χ1n) is 5.80. The maximum Gasteiger partial charge on any atom is 0.215 e. The quantitative estimate of drug-likeness (QED) is 0.806. The third-order valence-corrected chi connectivity index (χ3v) is 2.80. The number of anilines is 1. The zero-order valence-corrected chi connectivity index (χ0v) is 10.6. The van der Waals surface area contributed by atoms with Gasteiger partial charge in [0.1, 0.15) is 0 Å². The first-order chi connectivity index (χ1) is 8.74. The Morgan fingerprint density at radius 2 is 2.33 bits per heavy atom. The van der Waals surface area contributed by atoms with E-state index in [1.165, 1.54) is 19.2 Å². The van der Waals surface area contributed by atoms with Crippen molar-refractivity contribution in [2.75, 3.05) is 45.4 Å². The molecule has 1 fully saturated rings. The van der Waals surface area contributed by atoms with Crippen LogP contribution in [0.2, 0.25) is 0 Å². The maximum absolute atomic E-state index is 13.8. The summed E-state index contributed by atoms with van der Waals surface area (Å²) in [6, 6.07) is 2.87. The first-order valence-corrected chi connectivity index (χ1v) is 5.80. The second-order valence-corrected chi connectivity index (χ2v) is 4.05. The number of aromatic nitrogens is 1. The van der Waals surface area contributed by atoms with E-state index in [4.69, 9.17) is 14.2 Å². The van der Waals surface area contributed by atoms with Crippen molar-refractivity contribution >= 4 is 5.82 Å². The zero-order valence-electron chi connectivity index (χ0n) is 10.6. The van der Waals surface area contributed by atoms with Gasteiger partial charge >= 0.3 is 0 Å². The number of hydrogen-bond acceptors (Lipinski definition) is 5. The number of nitrogens with zero attached hydrogens (tertiary/aromatic N) is 2. The highest BCUT2D eigenvalue weighted by Gasteiger charge is 2.23. The Hall–Kier alpha value is -1.40. The standard InChI is InChI=1S/C12H17FN2O3/c1-16-8-9-7-15(5-6-18-9)12-10(13)3-4-11(14-12)17-2/h3-4,9H,5-8H2,1-2H3. The first kappa shape index (κ1) is 13.0. The third-order valence-electron chi connectivity index (χ3n) is 2.80. The molecule has 0 spiro atoms. The molecule has 1 aromatic rings. The molecule has 100 valence electrons. The van der Waals surface area contributed by atoms with Gasteiger partial charge in [-0.2, -0.15) is 4.98 Å². The number of morpholine rings is 1. The fourth-order valence-corrected chi connectivity index (χ4v) is 1.95. The van der Waals surface area contributed by atoms with Crippen LogP contribution in [0.3, 0.4) is 0 Å². The maximum atomic E-state index is 13.8. The monoisotopic (exact) mass is 256 g/mol. The predicted molar refractivity (Wildman–Crippen MR) is 64.6 cm³/mol. The number of hydrogen-bond donors (Lipinski definition) is 0. The molecule has 0 amide bonds. The molecule has 5 nitrogen and oxygen atoms in total. The third kappa shape index (κ3) is 2.88. The molecule has 1 aromatic heterocycles. The molecule has 0 radical (unpaired) electrons. The molecule has 0 saturated carbocycles. The predicted octanol–water partition coefficient (Wildman–Crippen LogP) is 1.08. The van der Waals surface area contributed by atoms with Crippen molar-refractivity contribution in [2.45, 2.75) is 6.10 Å². The number of pyridine rings is 1. The summed E-state index contributed by atoms with van der Waals surface area (Å²) in [5, 5.41) is 0. The van der Waals surface area contributed by atoms with Gasteiger partial charge in [0.05, 0.1) is 26.4 Å². The van der Waals surface area contributed by atoms with Crippen LogP contribution in [0.1, 0.15) is 0 Å². The van der Waals surface area contributed by atoms with Crippen molar-refractivity contribution in [3.8, 4) is 5.88 Å². The van der Waals surface area contributed by atoms with E-state index in [0.717, 1.165) is 0 Å². The average Bonchev–Trinajstić information content (AvgIpc) is 2.40. The lowest BCUT2D eigenvalue weighted by Gasteiger charge is -2.33. The summed E-state index contributed by atoms with van der Waals surface area (Å²) in [6.45, 7) is 2.19. The minimum Gasteiger partial charge on any atom is -0.481 e. The Balaban J connectivity index is 2.14. The lowest BCUT2D eigenvalue weighted by Crippen LogP contribution is -2.45. The summed E-state index contributed by atoms with van der Waals surface area (Å²) in [4.78, 5) is 5.99. The van der Waals surface area contributed by atoms with Crippen molar-refractivity contribution in [1.82, 2.24) is 4.98 Å². The largest absolute Gasteiger partial charge is 0.481 e. The van der Waals surface area contributed by atoms with Gasteiger partial charge in [-0.05, 0) is 6.07 Å². The lowest BCUT2D eigenvalue weighted by molar-refractivity contribution is -0.0104. The zero-order chi connectivity index (χ0) is 13.0. The van der Waals surface area contributed by atoms with Gasteiger partial charge in [0, 0.05) is 26.3 Å². The molecule has 1 atom stereocenters. The van der Waals surface area contributed by atoms with Gasteiger partial charge in [-0.25, -0.2) is 4.39 Å². The molecule has 2 rings (SSSR count). The summed E-state index contributed by atoms with van der Waals surface area (Å²) < 4.78 is 29.4. The minimum absolute atomic E-state index is 0.0591. The summed E-state index contributed by atoms with van der Waals surface area (Å²) in [5.41, 5.74) is 0. The Morgan fingerprint density at radius 3 is 3.06 bits per heavy atom. The summed E-state index contributed by atoms with van der Waals surface area (Å²) in [5.74, 6) is 0.355. The highest BCUT2D eigenvalue weighted by Crippen LogP contribution is 2.22. The number of methoxy groups -OCH3 is 2. The molecule has 0 aliphatic carbocycles. The SMILES string of the molecule is COCC1CN(c2nc(OC)ccc2F)CCO1. The van der Waals surface area contributed by atoms with Gasteiger partial charge in [-0.1, -0.05) is 0 Å². The van der Waals surface area contributed by atoms with Crippen LogP contribution < -0.4 is 9.64 Å². The van der Waals surface area contributed by atoms with E-state index in [-0.39, 0.29) is 11.9 Å². The number of halogens is 1. The molecule has 18 heavy (non-hydrogen) atoms. The Kier molecular flexibility index (Phi) is 4.33. The fourth-order valence-electron chi connectivity index (χ4n) is 1.95. The van der Waals surface area contributed by atoms with Crippen molar-refractivity contribution in [3.63, 3.8) is 0 Å². The van der Waals surface area contributed by atoms with Crippen LogP contribution in [-0.2, 0) is 9.47 Å². The van der Waals surface area contributed by atoms with Crippen molar-refractivity contribution in [1.29, 1.82) is 0 Å². The second kappa shape index (κ2) is 5.97. The van der Waals surface area contributed by atoms with E-state index in [0.29, 0.717) is 38.0 Å². The molecule has 0 aromatic carbocycles. The van der Waals surface area contributed by atoms with Gasteiger partial charge in [0.2, 0.25) is 5.88 Å². The van der Waals surface area contributed by atoms with Crippen LogP contribution in [0, 0.1) is 5.82 Å². The van der Waals surface area contributed by atoms with Crippen LogP contribution >= 0.6 is 0 Å². The van der Waals surface area contributed by atoms with E-state index in [1.54, 1.807) is 7.11 Å². The number of ether oxygens (including phenoxy) is 3. The van der Waals surface area contributed by atoms with Crippen LogP contribution in [-0.4, -0.2) is 51.6 Å². The highest BCUT2D eigenvalue weighted by atomic mass is 19.1. The van der Waals surface area contributed by atoms with Crippen molar-refractivity contribution < 1.29 is 18.6 Å². The molecule has 1 aliphatic rings. The van der Waals surface area contributed by atoms with E-state index >= 15 is 0 Å². The molecular weight excluding hydrogens is 239 g/mol. The highest BCUT2D eigenvalue weighted by molar-refractivity contribution is 5.43. The normalized spacial score (nSPS) is 19.9. The van der Waals surface area contributed by atoms with E-state index < -0.39 is 0 Å². The molecule has 1 saturated heterocycles. The second-order valence-electron chi connectivity index (χ2n) is 4.05. The summed E-state index contributed by atoms with van der Waals surface area (Å²) >= 11 is 0. The Bertz CT molecular complexity index is 401. The molecule has 0 N–H and O–H groups in total. The molecule has 1 unspecified atom stereocenters. The van der Waals surface area contributed by atoms with Gasteiger partial charge in [0.15, 0.2) is 11.6 Å². The smallest absolute Gasteiger partial charge is 0.215 e. The number of rotatable bonds is 4. The van der Waals surface area contributed by atoms with Gasteiger partial charge in [0.25, 0.3) is 0 Å². The molecule has 2 heterocycles. The van der Waals surface area contributed by atoms with Gasteiger partial charge < -0.3 is 19.1 Å². The lowest BCUT2D eigenvalue weighted by atomic mass is 10.2. The van der Waals surface area contributed by atoms with E-state index in [2.05, 4.69) is 4.98 Å². The van der Waals surface area contributed by atoms with Crippen LogP contribution in [0.4, 0.5) is 10.2 Å². The van der Waals surface area contributed by atoms with E-state index in [9.17, 15) is 4.39 Å². The minimum atomic E-state index is -0.353.